The van der Waals surface area contributed by atoms with Crippen molar-refractivity contribution in [3.63, 3.8) is 0 Å². The Morgan fingerprint density at radius 3 is 1.96 bits per heavy atom. The van der Waals surface area contributed by atoms with Crippen LogP contribution in [0.3, 0.4) is 0 Å². The number of benzene rings is 2. The van der Waals surface area contributed by atoms with Gasteiger partial charge < -0.3 is 10.5 Å². The first-order valence-corrected chi connectivity index (χ1v) is 7.19. The van der Waals surface area contributed by atoms with Crippen LogP contribution in [0.15, 0.2) is 36.4 Å². The number of imide groups is 1. The first kappa shape index (κ1) is 21.0. The number of hydrogen-bond acceptors (Lipinski definition) is 3. The Bertz CT molecular complexity index is 897. The van der Waals surface area contributed by atoms with Crippen molar-refractivity contribution in [3.8, 4) is 5.75 Å². The first-order chi connectivity index (χ1) is 12.9. The average molecular weight is 410 g/mol. The van der Waals surface area contributed by atoms with E-state index in [4.69, 9.17) is 5.73 Å². The molecule has 150 valence electrons. The van der Waals surface area contributed by atoms with E-state index in [2.05, 4.69) is 4.74 Å². The molecule has 1 unspecified atom stereocenters. The molecule has 2 aromatic rings. The highest BCUT2D eigenvalue weighted by atomic mass is 19.4. The second-order valence-corrected chi connectivity index (χ2v) is 5.14. The fourth-order valence-corrected chi connectivity index (χ4v) is 2.11. The van der Waals surface area contributed by atoms with Gasteiger partial charge in [0.25, 0.3) is 5.91 Å². The van der Waals surface area contributed by atoms with Gasteiger partial charge in [-0.2, -0.15) is 17.6 Å². The molecule has 0 radical (unpaired) electrons. The molecule has 0 aliphatic heterocycles. The molecular formula is C16H9F7N2O3. The highest BCUT2D eigenvalue weighted by molar-refractivity contribution is 6.21. The van der Waals surface area contributed by atoms with E-state index in [0.29, 0.717) is 24.3 Å². The Labute approximate surface area is 152 Å². The molecule has 0 aliphatic carbocycles. The third-order valence-electron chi connectivity index (χ3n) is 3.26. The van der Waals surface area contributed by atoms with Crippen LogP contribution in [0.1, 0.15) is 10.4 Å². The number of ether oxygens (including phenoxy) is 1. The topological polar surface area (TPSA) is 72.6 Å². The SMILES string of the molecule is NC(=O)N(C(=O)c1c(F)cccc1F)c1c(F)cccc1OC(F)C(F)(F)F. The summed E-state index contributed by atoms with van der Waals surface area (Å²) in [5.74, 6) is -7.58. The van der Waals surface area contributed by atoms with Gasteiger partial charge in [0.05, 0.1) is 0 Å². The Morgan fingerprint density at radius 1 is 0.964 bits per heavy atom. The molecule has 28 heavy (non-hydrogen) atoms. The molecule has 5 nitrogen and oxygen atoms in total. The van der Waals surface area contributed by atoms with Crippen LogP contribution in [0.2, 0.25) is 0 Å². The van der Waals surface area contributed by atoms with Gasteiger partial charge in [-0.05, 0) is 24.3 Å². The van der Waals surface area contributed by atoms with E-state index in [-0.39, 0.29) is 4.90 Å². The molecule has 0 heterocycles. The van der Waals surface area contributed by atoms with Crippen molar-refractivity contribution in [2.75, 3.05) is 4.90 Å². The molecule has 0 saturated heterocycles. The van der Waals surface area contributed by atoms with E-state index < -0.39 is 58.9 Å². The van der Waals surface area contributed by atoms with Crippen LogP contribution in [-0.2, 0) is 0 Å². The number of rotatable bonds is 4. The van der Waals surface area contributed by atoms with E-state index in [1.54, 1.807) is 0 Å². The summed E-state index contributed by atoms with van der Waals surface area (Å²) < 4.78 is 96.2. The van der Waals surface area contributed by atoms with E-state index in [9.17, 15) is 40.3 Å². The number of urea groups is 1. The predicted molar refractivity (Wildman–Crippen MR) is 80.7 cm³/mol. The number of primary amides is 1. The van der Waals surface area contributed by atoms with E-state index in [1.807, 2.05) is 0 Å². The number of carbonyl (C=O) groups excluding carboxylic acids is 2. The molecule has 2 aromatic carbocycles. The van der Waals surface area contributed by atoms with Gasteiger partial charge in [0.1, 0.15) is 22.9 Å². The summed E-state index contributed by atoms with van der Waals surface area (Å²) in [7, 11) is 0. The van der Waals surface area contributed by atoms with Crippen molar-refractivity contribution in [3.05, 3.63) is 59.4 Å². The smallest absolute Gasteiger partial charge is 0.450 e. The summed E-state index contributed by atoms with van der Waals surface area (Å²) in [6.07, 6.45) is -9.48. The number of nitrogens with two attached hydrogens (primary N) is 1. The van der Waals surface area contributed by atoms with E-state index in [0.717, 1.165) is 12.1 Å². The quantitative estimate of drug-likeness (QED) is 0.773. The van der Waals surface area contributed by atoms with Crippen LogP contribution in [0.25, 0.3) is 0 Å². The second kappa shape index (κ2) is 7.74. The van der Waals surface area contributed by atoms with Crippen LogP contribution in [0.4, 0.5) is 41.2 Å². The number of amides is 3. The third-order valence-corrected chi connectivity index (χ3v) is 3.26. The number of para-hydroxylation sites is 1. The fourth-order valence-electron chi connectivity index (χ4n) is 2.11. The summed E-state index contributed by atoms with van der Waals surface area (Å²) in [6.45, 7) is 0. The number of anilines is 1. The molecule has 3 amide bonds. The molecule has 0 bridgehead atoms. The molecular weight excluding hydrogens is 401 g/mol. The Morgan fingerprint density at radius 2 is 1.46 bits per heavy atom. The number of carbonyl (C=O) groups is 2. The van der Waals surface area contributed by atoms with Gasteiger partial charge in [-0.25, -0.2) is 22.9 Å². The van der Waals surface area contributed by atoms with Crippen molar-refractivity contribution in [1.29, 1.82) is 0 Å². The van der Waals surface area contributed by atoms with Gasteiger partial charge in [0.2, 0.25) is 0 Å². The van der Waals surface area contributed by atoms with Gasteiger partial charge >= 0.3 is 18.6 Å². The van der Waals surface area contributed by atoms with Crippen LogP contribution in [0.5, 0.6) is 5.75 Å². The lowest BCUT2D eigenvalue weighted by Crippen LogP contribution is -2.43. The van der Waals surface area contributed by atoms with Gasteiger partial charge in [0, 0.05) is 0 Å². The minimum absolute atomic E-state index is 0.366. The fraction of sp³-hybridized carbons (Fsp3) is 0.125. The monoisotopic (exact) mass is 410 g/mol. The maximum atomic E-state index is 14.2. The normalized spacial score (nSPS) is 12.4. The minimum Gasteiger partial charge on any atom is -0.450 e. The summed E-state index contributed by atoms with van der Waals surface area (Å²) in [5.41, 5.74) is 2.25. The largest absolute Gasteiger partial charge is 0.457 e. The van der Waals surface area contributed by atoms with Crippen molar-refractivity contribution >= 4 is 17.6 Å². The highest BCUT2D eigenvalue weighted by Crippen LogP contribution is 2.36. The lowest BCUT2D eigenvalue weighted by Gasteiger charge is -2.23. The van der Waals surface area contributed by atoms with Crippen LogP contribution < -0.4 is 15.4 Å². The molecule has 0 spiro atoms. The van der Waals surface area contributed by atoms with Crippen molar-refractivity contribution < 1.29 is 45.1 Å². The molecule has 2 rings (SSSR count). The zero-order valence-corrected chi connectivity index (χ0v) is 13.4. The maximum Gasteiger partial charge on any atom is 0.457 e. The zero-order chi connectivity index (χ0) is 21.2. The minimum atomic E-state index is -5.53. The molecule has 0 fully saturated rings. The molecule has 1 atom stereocenters. The van der Waals surface area contributed by atoms with E-state index >= 15 is 0 Å². The summed E-state index contributed by atoms with van der Waals surface area (Å²) in [6, 6.07) is 2.28. The Hall–Kier alpha value is -3.31. The van der Waals surface area contributed by atoms with Crippen LogP contribution in [0, 0.1) is 17.5 Å². The van der Waals surface area contributed by atoms with Crippen LogP contribution in [-0.4, -0.2) is 24.5 Å². The van der Waals surface area contributed by atoms with Crippen molar-refractivity contribution in [2.45, 2.75) is 12.5 Å². The molecule has 0 aromatic heterocycles. The third kappa shape index (κ3) is 4.15. The predicted octanol–water partition coefficient (Wildman–Crippen LogP) is 4.07. The Kier molecular flexibility index (Phi) is 5.81. The zero-order valence-electron chi connectivity index (χ0n) is 13.4. The van der Waals surface area contributed by atoms with Crippen LogP contribution >= 0.6 is 0 Å². The molecule has 2 N–H and O–H groups in total. The number of halogens is 7. The summed E-state index contributed by atoms with van der Waals surface area (Å²) >= 11 is 0. The number of alkyl halides is 4. The molecule has 12 heteroatoms. The van der Waals surface area contributed by atoms with Gasteiger partial charge in [-0.3, -0.25) is 4.79 Å². The lowest BCUT2D eigenvalue weighted by molar-refractivity contribution is -0.236. The van der Waals surface area contributed by atoms with Gasteiger partial charge in [-0.1, -0.05) is 12.1 Å². The molecule has 0 aliphatic rings. The van der Waals surface area contributed by atoms with Crippen molar-refractivity contribution in [1.82, 2.24) is 0 Å². The highest BCUT2D eigenvalue weighted by Gasteiger charge is 2.43. The Balaban J connectivity index is 2.61. The lowest BCUT2D eigenvalue weighted by atomic mass is 10.1. The summed E-state index contributed by atoms with van der Waals surface area (Å²) in [4.78, 5) is 23.7. The van der Waals surface area contributed by atoms with Crippen molar-refractivity contribution in [2.24, 2.45) is 5.73 Å². The average Bonchev–Trinajstić information content (AvgIpc) is 2.56. The second-order valence-electron chi connectivity index (χ2n) is 5.14. The maximum absolute atomic E-state index is 14.2. The first-order valence-electron chi connectivity index (χ1n) is 7.19. The van der Waals surface area contributed by atoms with Gasteiger partial charge in [-0.15, -0.1) is 0 Å². The number of nitrogens with zero attached hydrogens (tertiary/aromatic N) is 1. The summed E-state index contributed by atoms with van der Waals surface area (Å²) in [5, 5.41) is 0. The number of hydrogen-bond donors (Lipinski definition) is 1. The van der Waals surface area contributed by atoms with Gasteiger partial charge in [0.15, 0.2) is 11.6 Å². The standard InChI is InChI=1S/C16H9F7N2O3/c17-7-3-1-4-8(18)11(7)13(26)25(15(24)27)12-9(19)5-2-6-10(12)28-14(20)16(21,22)23/h1-6,14H,(H2,24,27). The van der Waals surface area contributed by atoms with E-state index in [1.165, 1.54) is 0 Å². The molecule has 0 saturated carbocycles.